The van der Waals surface area contributed by atoms with Crippen LogP contribution in [0.25, 0.3) is 0 Å². The number of rotatable bonds is 34. The van der Waals surface area contributed by atoms with E-state index in [4.69, 9.17) is 5.73 Å². The zero-order valence-corrected chi connectivity index (χ0v) is 54.2. The van der Waals surface area contributed by atoms with Gasteiger partial charge < -0.3 is 61.0 Å². The molecule has 0 heterocycles. The molecule has 0 saturated carbocycles. The molecule has 0 fully saturated rings. The number of nitrogens with zero attached hydrogens (tertiary/aromatic N) is 7. The smallest absolute Gasteiger partial charge is 0.326 e. The van der Waals surface area contributed by atoms with Crippen molar-refractivity contribution >= 4 is 65.5 Å². The van der Waals surface area contributed by atoms with E-state index in [0.29, 0.717) is 12.7 Å². The molecule has 0 unspecified atom stereocenters. The molecular formula is C59H109N11O12. The number of aliphatic hydroxyl groups is 1. The lowest BCUT2D eigenvalue weighted by atomic mass is 9.96. The highest BCUT2D eigenvalue weighted by molar-refractivity contribution is 6.00. The predicted molar refractivity (Wildman–Crippen MR) is 317 cm³/mol. The zero-order chi connectivity index (χ0) is 64.1. The third-order valence-electron chi connectivity index (χ3n) is 14.6. The minimum Gasteiger partial charge on any atom is -0.394 e. The van der Waals surface area contributed by atoms with Crippen LogP contribution in [0.2, 0.25) is 0 Å². The number of carbonyl (C=O) groups is 11. The van der Waals surface area contributed by atoms with Gasteiger partial charge in [0.1, 0.15) is 60.7 Å². The number of aldehydes is 1. The Balaban J connectivity index is 6.71. The van der Waals surface area contributed by atoms with Gasteiger partial charge in [-0.05, 0) is 100 Å². The van der Waals surface area contributed by atoms with Gasteiger partial charge in [0.2, 0.25) is 53.2 Å². The van der Waals surface area contributed by atoms with Crippen molar-refractivity contribution in [1.29, 1.82) is 0 Å². The number of carbonyl (C=O) groups excluding carboxylic acids is 11. The van der Waals surface area contributed by atoms with Crippen molar-refractivity contribution in [3.05, 3.63) is 0 Å². The Kier molecular flexibility index (Phi) is 33.0. The van der Waals surface area contributed by atoms with Crippen LogP contribution in [0.15, 0.2) is 0 Å². The Bertz CT molecular complexity index is 2140. The summed E-state index contributed by atoms with van der Waals surface area (Å²) in [7, 11) is 9.94. The highest BCUT2D eigenvalue weighted by Crippen LogP contribution is 2.24. The third-order valence-corrected chi connectivity index (χ3v) is 14.6. The predicted octanol–water partition coefficient (Wildman–Crippen LogP) is 3.34. The molecule has 82 heavy (non-hydrogen) atoms. The van der Waals surface area contributed by atoms with E-state index in [1.807, 2.05) is 96.9 Å². The van der Waals surface area contributed by atoms with Gasteiger partial charge in [0, 0.05) is 49.3 Å². The number of amides is 11. The standard InChI is InChI=1S/C59H109N11O12/c1-33(2)24-43(60)54(77)70(23)59(82)69(22)46(27-36(7)8)52(75)63-44(25-34(3)4)55(78)65(18)45(26-35(5)6)51(74)61-40(15)50(73)62-41(16)53(76)66(19)48(29-38(11)12)57(80)68(21)49(30-39(13)14)58(81)67(20)47(28-37(9)10)56(79)64(17)42(31-71)32-72/h31,33-49,72H,24-30,32,60H2,1-23H3,(H,61,74)(H,62,73)(H,63,75)/t40-,41-,42+,43-,44-,45-,46-,47-,48-,49-/m0/s1. The highest BCUT2D eigenvalue weighted by Gasteiger charge is 2.42. The van der Waals surface area contributed by atoms with E-state index in [0.717, 1.165) is 9.80 Å². The molecule has 0 aromatic rings. The number of urea groups is 1. The van der Waals surface area contributed by atoms with Crippen molar-refractivity contribution in [2.24, 2.45) is 47.2 Å². The lowest BCUT2D eigenvalue weighted by Crippen LogP contribution is -2.61. The maximum atomic E-state index is 14.7. The Morgan fingerprint density at radius 3 is 1.06 bits per heavy atom. The first-order valence-electron chi connectivity index (χ1n) is 29.3. The van der Waals surface area contributed by atoms with Gasteiger partial charge in [-0.25, -0.2) is 4.79 Å². The second-order valence-corrected chi connectivity index (χ2v) is 25.5. The molecule has 0 aliphatic heterocycles. The molecule has 0 spiro atoms. The van der Waals surface area contributed by atoms with Crippen molar-refractivity contribution in [2.45, 2.75) is 216 Å². The van der Waals surface area contributed by atoms with Crippen molar-refractivity contribution in [3.63, 3.8) is 0 Å². The largest absolute Gasteiger partial charge is 0.394 e. The molecule has 0 radical (unpaired) electrons. The van der Waals surface area contributed by atoms with Crippen LogP contribution in [0, 0.1) is 41.4 Å². The van der Waals surface area contributed by atoms with Crippen LogP contribution in [0.3, 0.4) is 0 Å². The van der Waals surface area contributed by atoms with Crippen molar-refractivity contribution < 1.29 is 57.8 Å². The molecule has 0 aromatic carbocycles. The topological polar surface area (TPSA) is 293 Å². The summed E-state index contributed by atoms with van der Waals surface area (Å²) in [4.78, 5) is 161. The number of nitrogens with two attached hydrogens (primary N) is 1. The van der Waals surface area contributed by atoms with Crippen LogP contribution in [-0.4, -0.2) is 221 Å². The van der Waals surface area contributed by atoms with E-state index in [1.165, 1.54) is 87.7 Å². The zero-order valence-electron chi connectivity index (χ0n) is 54.2. The summed E-state index contributed by atoms with van der Waals surface area (Å²) < 4.78 is 0. The first-order chi connectivity index (χ1) is 37.7. The van der Waals surface area contributed by atoms with Gasteiger partial charge in [-0.1, -0.05) is 96.9 Å². The number of aliphatic hydroxyl groups excluding tert-OH is 1. The fourth-order valence-electron chi connectivity index (χ4n) is 9.74. The quantitative estimate of drug-likeness (QED) is 0.0579. The molecule has 0 rings (SSSR count). The number of imide groups is 1. The molecule has 23 heteroatoms. The summed E-state index contributed by atoms with van der Waals surface area (Å²) in [5.41, 5.74) is 6.12. The fraction of sp³-hybridized carbons (Fsp3) is 0.814. The first kappa shape index (κ1) is 76.3. The van der Waals surface area contributed by atoms with Crippen molar-refractivity contribution in [2.75, 3.05) is 55.9 Å². The van der Waals surface area contributed by atoms with E-state index < -0.39 is 126 Å². The van der Waals surface area contributed by atoms with Gasteiger partial charge in [0.15, 0.2) is 0 Å². The SMILES string of the molecule is CC(C)C[C@H](NC(=O)[C@H](CC(C)C)N(C)C(=O)N(C)C(=O)[C@@H](N)CC(C)C)C(=O)N(C)[C@@H](CC(C)C)C(=O)N[C@@H](C)C(=O)N[C@@H](C)C(=O)N(C)[C@@H](CC(C)C)C(=O)N(C)[C@@H](CC(C)C)C(=O)N(C)[C@@H](CC(C)C)C(=O)N(C)[C@H](C=O)CO. The lowest BCUT2D eigenvalue weighted by Gasteiger charge is -2.39. The summed E-state index contributed by atoms with van der Waals surface area (Å²) in [6.45, 7) is 28.6. The molecule has 0 bridgehead atoms. The van der Waals surface area contributed by atoms with E-state index >= 15 is 0 Å². The van der Waals surface area contributed by atoms with E-state index in [-0.39, 0.29) is 80.0 Å². The Morgan fingerprint density at radius 1 is 0.378 bits per heavy atom. The van der Waals surface area contributed by atoms with Crippen LogP contribution in [0.5, 0.6) is 0 Å². The summed E-state index contributed by atoms with van der Waals surface area (Å²) in [5.74, 6) is -6.01. The molecule has 472 valence electrons. The third kappa shape index (κ3) is 23.5. The van der Waals surface area contributed by atoms with Crippen LogP contribution in [0.4, 0.5) is 4.79 Å². The van der Waals surface area contributed by atoms with Crippen LogP contribution in [-0.2, 0) is 47.9 Å². The molecule has 6 N–H and O–H groups in total. The maximum absolute atomic E-state index is 14.7. The van der Waals surface area contributed by atoms with Crippen LogP contribution >= 0.6 is 0 Å². The van der Waals surface area contributed by atoms with E-state index in [2.05, 4.69) is 16.0 Å². The van der Waals surface area contributed by atoms with Crippen LogP contribution < -0.4 is 21.7 Å². The van der Waals surface area contributed by atoms with Gasteiger partial charge in [-0.2, -0.15) is 0 Å². The number of nitrogens with one attached hydrogen (secondary N) is 3. The molecular weight excluding hydrogens is 1050 g/mol. The maximum Gasteiger partial charge on any atom is 0.326 e. The first-order valence-corrected chi connectivity index (χ1v) is 29.3. The summed E-state index contributed by atoms with van der Waals surface area (Å²) in [6.07, 6.45) is 1.95. The Hall–Kier alpha value is -5.71. The monoisotopic (exact) mass is 1160 g/mol. The number of likely N-dealkylation sites (N-methyl/N-ethyl adjacent to an activating group) is 7. The fourth-order valence-corrected chi connectivity index (χ4v) is 9.74. The summed E-state index contributed by atoms with van der Waals surface area (Å²) in [6, 6.07) is -11.8. The minimum atomic E-state index is -1.23. The molecule has 11 amide bonds. The highest BCUT2D eigenvalue weighted by atomic mass is 16.3. The van der Waals surface area contributed by atoms with Gasteiger partial charge in [-0.3, -0.25) is 48.1 Å². The molecule has 0 aliphatic carbocycles. The van der Waals surface area contributed by atoms with Crippen molar-refractivity contribution in [1.82, 2.24) is 50.2 Å². The Labute approximate surface area is 491 Å². The van der Waals surface area contributed by atoms with Crippen LogP contribution in [0.1, 0.15) is 156 Å². The second-order valence-electron chi connectivity index (χ2n) is 25.5. The van der Waals surface area contributed by atoms with Gasteiger partial charge in [0.05, 0.1) is 12.6 Å². The molecule has 23 nitrogen and oxygen atoms in total. The molecule has 0 aromatic heterocycles. The normalized spacial score (nSPS) is 15.4. The van der Waals surface area contributed by atoms with Gasteiger partial charge in [-0.15, -0.1) is 0 Å². The summed E-state index contributed by atoms with van der Waals surface area (Å²) >= 11 is 0. The van der Waals surface area contributed by atoms with Gasteiger partial charge in [0.25, 0.3) is 0 Å². The number of hydrogen-bond acceptors (Lipinski definition) is 13. The molecule has 0 aliphatic rings. The average Bonchev–Trinajstić information content (AvgIpc) is 3.43. The Morgan fingerprint density at radius 2 is 0.695 bits per heavy atom. The average molecular weight is 1160 g/mol. The second kappa shape index (κ2) is 35.4. The number of hydrogen-bond donors (Lipinski definition) is 5. The van der Waals surface area contributed by atoms with Crippen molar-refractivity contribution in [3.8, 4) is 0 Å². The lowest BCUT2D eigenvalue weighted by molar-refractivity contribution is -0.155. The summed E-state index contributed by atoms with van der Waals surface area (Å²) in [5, 5.41) is 18.0. The molecule has 0 saturated heterocycles. The van der Waals surface area contributed by atoms with E-state index in [1.54, 1.807) is 0 Å². The minimum absolute atomic E-state index is 0.0617. The molecule has 10 atom stereocenters. The van der Waals surface area contributed by atoms with E-state index in [9.17, 15) is 57.8 Å². The van der Waals surface area contributed by atoms with Gasteiger partial charge >= 0.3 is 6.03 Å².